The smallest absolute Gasteiger partial charge is 0.271 e. The van der Waals surface area contributed by atoms with Crippen LogP contribution in [0.4, 0.5) is 4.39 Å². The van der Waals surface area contributed by atoms with Crippen LogP contribution in [0.15, 0.2) is 90.0 Å². The molecule has 1 N–H and O–H groups in total. The van der Waals surface area contributed by atoms with Gasteiger partial charge >= 0.3 is 0 Å². The van der Waals surface area contributed by atoms with Crippen LogP contribution < -0.4 is 10.2 Å². The molecule has 0 saturated heterocycles. The standard InChI is InChI=1S/C25H18ClFN2O2/c26-23-11-4-2-7-19(23)16-31-24-13-12-17-6-1-3-10-21(17)22(24)15-28-29-25(30)18-8-5-9-20(27)14-18/h1-15H,16H2,(H,29,30)/b28-15+. The summed E-state index contributed by atoms with van der Waals surface area (Å²) in [5.74, 6) is -0.391. The van der Waals surface area contributed by atoms with E-state index in [1.165, 1.54) is 24.4 Å². The largest absolute Gasteiger partial charge is 0.488 e. The van der Waals surface area contributed by atoms with Crippen LogP contribution in [0.25, 0.3) is 10.8 Å². The van der Waals surface area contributed by atoms with Crippen LogP contribution in [0.1, 0.15) is 21.5 Å². The third kappa shape index (κ3) is 4.90. The monoisotopic (exact) mass is 432 g/mol. The number of hydrazone groups is 1. The molecule has 0 aliphatic carbocycles. The summed E-state index contributed by atoms with van der Waals surface area (Å²) in [4.78, 5) is 12.2. The van der Waals surface area contributed by atoms with Crippen LogP contribution in [-0.2, 0) is 6.61 Å². The number of carbonyl (C=O) groups excluding carboxylic acids is 1. The molecule has 0 aliphatic rings. The lowest BCUT2D eigenvalue weighted by Crippen LogP contribution is -2.17. The molecule has 4 nitrogen and oxygen atoms in total. The molecule has 0 saturated carbocycles. The fraction of sp³-hybridized carbons (Fsp3) is 0.0400. The van der Waals surface area contributed by atoms with Crippen molar-refractivity contribution in [3.05, 3.63) is 112 Å². The zero-order valence-electron chi connectivity index (χ0n) is 16.4. The van der Waals surface area contributed by atoms with Crippen molar-refractivity contribution < 1.29 is 13.9 Å². The first-order valence-corrected chi connectivity index (χ1v) is 9.96. The van der Waals surface area contributed by atoms with Crippen molar-refractivity contribution in [1.29, 1.82) is 0 Å². The van der Waals surface area contributed by atoms with Crippen LogP contribution in [0, 0.1) is 5.82 Å². The number of amides is 1. The van der Waals surface area contributed by atoms with Crippen LogP contribution in [0.5, 0.6) is 5.75 Å². The van der Waals surface area contributed by atoms with Crippen LogP contribution in [0.3, 0.4) is 0 Å². The van der Waals surface area contributed by atoms with Crippen molar-refractivity contribution in [3.63, 3.8) is 0 Å². The maximum Gasteiger partial charge on any atom is 0.271 e. The molecule has 4 rings (SSSR count). The molecule has 0 bridgehead atoms. The molecule has 0 unspecified atom stereocenters. The Bertz CT molecular complexity index is 1270. The molecule has 1 amide bonds. The summed E-state index contributed by atoms with van der Waals surface area (Å²) in [6, 6.07) is 24.5. The Labute approximate surface area is 183 Å². The molecule has 6 heteroatoms. The number of nitrogens with one attached hydrogen (secondary N) is 1. The Morgan fingerprint density at radius 3 is 2.65 bits per heavy atom. The van der Waals surface area contributed by atoms with Gasteiger partial charge in [0.05, 0.1) is 6.21 Å². The van der Waals surface area contributed by atoms with E-state index in [4.69, 9.17) is 16.3 Å². The van der Waals surface area contributed by atoms with Gasteiger partial charge in [0.15, 0.2) is 0 Å². The highest BCUT2D eigenvalue weighted by Crippen LogP contribution is 2.28. The van der Waals surface area contributed by atoms with E-state index in [9.17, 15) is 9.18 Å². The van der Waals surface area contributed by atoms with E-state index in [-0.39, 0.29) is 12.2 Å². The highest BCUT2D eigenvalue weighted by molar-refractivity contribution is 6.31. The summed E-state index contributed by atoms with van der Waals surface area (Å²) in [6.07, 6.45) is 1.53. The lowest BCUT2D eigenvalue weighted by molar-refractivity contribution is 0.0954. The number of rotatable bonds is 6. The van der Waals surface area contributed by atoms with Crippen LogP contribution in [0.2, 0.25) is 5.02 Å². The van der Waals surface area contributed by atoms with Gasteiger partial charge in [0.25, 0.3) is 5.91 Å². The number of fused-ring (bicyclic) bond motifs is 1. The SMILES string of the molecule is O=C(N/N=C/c1c(OCc2ccccc2Cl)ccc2ccccc12)c1cccc(F)c1. The highest BCUT2D eigenvalue weighted by Gasteiger charge is 2.10. The Morgan fingerprint density at radius 1 is 1.00 bits per heavy atom. The van der Waals surface area contributed by atoms with Crippen molar-refractivity contribution in [1.82, 2.24) is 5.43 Å². The summed E-state index contributed by atoms with van der Waals surface area (Å²) < 4.78 is 19.4. The van der Waals surface area contributed by atoms with Gasteiger partial charge < -0.3 is 4.74 Å². The van der Waals surface area contributed by atoms with Gasteiger partial charge in [0, 0.05) is 21.7 Å². The van der Waals surface area contributed by atoms with Gasteiger partial charge in [0.1, 0.15) is 18.2 Å². The molecule has 154 valence electrons. The Hall–Kier alpha value is -3.70. The lowest BCUT2D eigenvalue weighted by Gasteiger charge is -2.12. The molecule has 0 fully saturated rings. The summed E-state index contributed by atoms with van der Waals surface area (Å²) in [5, 5.41) is 6.63. The van der Waals surface area contributed by atoms with Gasteiger partial charge in [-0.2, -0.15) is 5.10 Å². The molecular weight excluding hydrogens is 415 g/mol. The molecule has 4 aromatic rings. The average molecular weight is 433 g/mol. The fourth-order valence-electron chi connectivity index (χ4n) is 3.16. The topological polar surface area (TPSA) is 50.7 Å². The number of hydrogen-bond donors (Lipinski definition) is 1. The number of carbonyl (C=O) groups is 1. The van der Waals surface area contributed by atoms with E-state index in [2.05, 4.69) is 10.5 Å². The van der Waals surface area contributed by atoms with Crippen molar-refractivity contribution >= 4 is 34.5 Å². The maximum absolute atomic E-state index is 13.4. The predicted octanol–water partition coefficient (Wildman–Crippen LogP) is 5.98. The van der Waals surface area contributed by atoms with Crippen molar-refractivity contribution in [2.45, 2.75) is 6.61 Å². The molecular formula is C25H18ClFN2O2. The number of hydrogen-bond acceptors (Lipinski definition) is 3. The Kier molecular flexibility index (Phi) is 6.24. The predicted molar refractivity (Wildman–Crippen MR) is 121 cm³/mol. The minimum Gasteiger partial charge on any atom is -0.488 e. The van der Waals surface area contributed by atoms with E-state index in [1.54, 1.807) is 0 Å². The molecule has 4 aromatic carbocycles. The summed E-state index contributed by atoms with van der Waals surface area (Å²) in [6.45, 7) is 0.286. The van der Waals surface area contributed by atoms with Crippen molar-refractivity contribution in [2.24, 2.45) is 5.10 Å². The minimum absolute atomic E-state index is 0.185. The molecule has 0 heterocycles. The molecule has 0 aliphatic heterocycles. The van der Waals surface area contributed by atoms with Gasteiger partial charge in [-0.25, -0.2) is 9.82 Å². The molecule has 0 aromatic heterocycles. The fourth-order valence-corrected chi connectivity index (χ4v) is 3.35. The van der Waals surface area contributed by atoms with E-state index >= 15 is 0 Å². The zero-order chi connectivity index (χ0) is 21.6. The molecule has 31 heavy (non-hydrogen) atoms. The lowest BCUT2D eigenvalue weighted by atomic mass is 10.0. The van der Waals surface area contributed by atoms with Crippen LogP contribution in [-0.4, -0.2) is 12.1 Å². The third-order valence-corrected chi connectivity index (χ3v) is 5.09. The van der Waals surface area contributed by atoms with Crippen LogP contribution >= 0.6 is 11.6 Å². The first-order valence-electron chi connectivity index (χ1n) is 9.59. The third-order valence-electron chi connectivity index (χ3n) is 4.72. The van der Waals surface area contributed by atoms with Gasteiger partial charge in [-0.3, -0.25) is 4.79 Å². The summed E-state index contributed by atoms with van der Waals surface area (Å²) in [5.41, 5.74) is 4.20. The van der Waals surface area contributed by atoms with Gasteiger partial charge in [0.2, 0.25) is 0 Å². The zero-order valence-corrected chi connectivity index (χ0v) is 17.1. The molecule has 0 atom stereocenters. The Morgan fingerprint density at radius 2 is 1.81 bits per heavy atom. The van der Waals surface area contributed by atoms with Gasteiger partial charge in [-0.15, -0.1) is 0 Å². The Balaban J connectivity index is 1.60. The average Bonchev–Trinajstić information content (AvgIpc) is 2.79. The highest BCUT2D eigenvalue weighted by atomic mass is 35.5. The maximum atomic E-state index is 13.4. The number of halogens is 2. The first-order chi connectivity index (χ1) is 15.1. The number of benzene rings is 4. The van der Waals surface area contributed by atoms with E-state index in [0.717, 1.165) is 22.4 Å². The van der Waals surface area contributed by atoms with E-state index in [0.29, 0.717) is 16.3 Å². The van der Waals surface area contributed by atoms with E-state index in [1.807, 2.05) is 60.7 Å². The first kappa shape index (κ1) is 20.6. The minimum atomic E-state index is -0.505. The van der Waals surface area contributed by atoms with E-state index < -0.39 is 11.7 Å². The quantitative estimate of drug-likeness (QED) is 0.301. The van der Waals surface area contributed by atoms with Crippen molar-refractivity contribution in [3.8, 4) is 5.75 Å². The normalized spacial score (nSPS) is 11.0. The second-order valence-corrected chi connectivity index (χ2v) is 7.20. The summed E-state index contributed by atoms with van der Waals surface area (Å²) in [7, 11) is 0. The molecule has 0 spiro atoms. The second-order valence-electron chi connectivity index (χ2n) is 6.79. The second kappa shape index (κ2) is 9.41. The van der Waals surface area contributed by atoms with Gasteiger partial charge in [-0.1, -0.05) is 66.2 Å². The van der Waals surface area contributed by atoms with Crippen molar-refractivity contribution in [2.75, 3.05) is 0 Å². The number of nitrogens with zero attached hydrogens (tertiary/aromatic N) is 1. The molecule has 0 radical (unpaired) electrons. The van der Waals surface area contributed by atoms with Gasteiger partial charge in [-0.05, 0) is 41.1 Å². The number of ether oxygens (including phenoxy) is 1. The summed E-state index contributed by atoms with van der Waals surface area (Å²) >= 11 is 6.23.